The minimum Gasteiger partial charge on any atom is -0.153 e. The van der Waals surface area contributed by atoms with E-state index in [1.165, 1.54) is 0 Å². The molecule has 0 N–H and O–H groups in total. The zero-order chi connectivity index (χ0) is 10.7. The maximum absolute atomic E-state index is 2.27. The lowest BCUT2D eigenvalue weighted by molar-refractivity contribution is 1.91. The standard InChI is InChI=1S/3C3H9Si.H3P/c3*1-4(2)3;/h3*1-3H3;1H3. The van der Waals surface area contributed by atoms with Crippen molar-refractivity contribution in [3.05, 3.63) is 0 Å². The van der Waals surface area contributed by atoms with E-state index >= 15 is 0 Å². The minimum absolute atomic E-state index is 0. The summed E-state index contributed by atoms with van der Waals surface area (Å²) in [6, 6.07) is 0. The lowest BCUT2D eigenvalue weighted by Gasteiger charge is -1.75. The molecule has 0 heterocycles. The van der Waals surface area contributed by atoms with Gasteiger partial charge in [-0.3, -0.25) is 0 Å². The summed E-state index contributed by atoms with van der Waals surface area (Å²) in [7, 11) is 0.361. The Hall–Kier alpha value is 1.08. The highest BCUT2D eigenvalue weighted by molar-refractivity contribution is 6.92. The van der Waals surface area contributed by atoms with Gasteiger partial charge in [0.2, 0.25) is 0 Å². The average Bonchev–Trinajstić information content (AvgIpc) is 1.54. The molecular formula is C9H30PSi3. The van der Waals surface area contributed by atoms with E-state index in [1.807, 2.05) is 0 Å². The van der Waals surface area contributed by atoms with Gasteiger partial charge >= 0.3 is 0 Å². The molecule has 0 aliphatic heterocycles. The number of rotatable bonds is 0. The van der Waals surface area contributed by atoms with Gasteiger partial charge in [-0.15, -0.1) is 0 Å². The van der Waals surface area contributed by atoms with E-state index in [-0.39, 0.29) is 36.3 Å². The first kappa shape index (κ1) is 23.7. The van der Waals surface area contributed by atoms with Crippen molar-refractivity contribution in [2.45, 2.75) is 58.9 Å². The van der Waals surface area contributed by atoms with Crippen molar-refractivity contribution >= 4 is 36.3 Å². The topological polar surface area (TPSA) is 0 Å². The maximum atomic E-state index is 2.27. The van der Waals surface area contributed by atoms with Crippen molar-refractivity contribution in [3.8, 4) is 0 Å². The Balaban J connectivity index is -0.0000000450. The average molecular weight is 254 g/mol. The number of hydrogen-bond acceptors (Lipinski definition) is 0. The van der Waals surface area contributed by atoms with E-state index < -0.39 is 0 Å². The van der Waals surface area contributed by atoms with Gasteiger partial charge in [-0.25, -0.2) is 0 Å². The van der Waals surface area contributed by atoms with Gasteiger partial charge in [0.1, 0.15) is 0 Å². The van der Waals surface area contributed by atoms with E-state index in [4.69, 9.17) is 0 Å². The van der Waals surface area contributed by atoms with Crippen molar-refractivity contribution in [2.24, 2.45) is 0 Å². The molecule has 0 saturated carbocycles. The molecule has 0 fully saturated rings. The fraction of sp³-hybridized carbons (Fsp3) is 1.00. The van der Waals surface area contributed by atoms with Crippen LogP contribution >= 0.6 is 9.90 Å². The third-order valence-corrected chi connectivity index (χ3v) is 0. The minimum atomic E-state index is 0. The highest BCUT2D eigenvalue weighted by atomic mass is 31.0. The van der Waals surface area contributed by atoms with E-state index in [9.17, 15) is 0 Å². The molecule has 0 aromatic rings. The van der Waals surface area contributed by atoms with Crippen LogP contribution in [0.2, 0.25) is 58.9 Å². The van der Waals surface area contributed by atoms with E-state index in [0.29, 0.717) is 0 Å². The molecule has 0 aliphatic rings. The summed E-state index contributed by atoms with van der Waals surface area (Å²) in [6.45, 7) is 20.4. The molecule has 0 aliphatic carbocycles. The molecule has 0 saturated heterocycles. The molecule has 3 radical (unpaired) electrons. The van der Waals surface area contributed by atoms with Gasteiger partial charge < -0.3 is 0 Å². The molecular weight excluding hydrogens is 223 g/mol. The Bertz CT molecular complexity index is 43.4. The van der Waals surface area contributed by atoms with Crippen LogP contribution in [0.4, 0.5) is 0 Å². The Labute approximate surface area is 95.4 Å². The quantitative estimate of drug-likeness (QED) is 0.449. The van der Waals surface area contributed by atoms with Gasteiger partial charge in [-0.05, 0) is 0 Å². The number of hydrogen-bond donors (Lipinski definition) is 0. The molecule has 1 unspecified atom stereocenters. The largest absolute Gasteiger partial charge is 0.153 e. The van der Waals surface area contributed by atoms with E-state index in [1.54, 1.807) is 0 Å². The molecule has 13 heavy (non-hydrogen) atoms. The molecule has 0 nitrogen and oxygen atoms in total. The third kappa shape index (κ3) is 1380. The Morgan fingerprint density at radius 1 is 0.385 bits per heavy atom. The monoisotopic (exact) mass is 253 g/mol. The molecule has 4 heteroatoms. The van der Waals surface area contributed by atoms with Gasteiger partial charge in [0, 0.05) is 26.4 Å². The van der Waals surface area contributed by atoms with Gasteiger partial charge in [0.25, 0.3) is 0 Å². The lowest BCUT2D eigenvalue weighted by atomic mass is 11.8. The fourth-order valence-corrected chi connectivity index (χ4v) is 0. The van der Waals surface area contributed by atoms with Crippen LogP contribution in [0.1, 0.15) is 0 Å². The smallest absolute Gasteiger partial charge is 0.0379 e. The summed E-state index contributed by atoms with van der Waals surface area (Å²) in [5.41, 5.74) is 0. The summed E-state index contributed by atoms with van der Waals surface area (Å²) in [4.78, 5) is 0. The molecule has 0 bridgehead atoms. The summed E-state index contributed by atoms with van der Waals surface area (Å²) in [5, 5.41) is 0. The van der Waals surface area contributed by atoms with Crippen molar-refractivity contribution in [2.75, 3.05) is 0 Å². The van der Waals surface area contributed by atoms with Crippen LogP contribution in [-0.2, 0) is 0 Å². The van der Waals surface area contributed by atoms with Crippen LogP contribution in [-0.4, -0.2) is 26.4 Å². The Morgan fingerprint density at radius 2 is 0.385 bits per heavy atom. The maximum Gasteiger partial charge on any atom is 0.0379 e. The lowest BCUT2D eigenvalue weighted by Crippen LogP contribution is -1.84. The van der Waals surface area contributed by atoms with Crippen molar-refractivity contribution in [3.63, 3.8) is 0 Å². The van der Waals surface area contributed by atoms with Gasteiger partial charge in [-0.2, -0.15) is 9.90 Å². The van der Waals surface area contributed by atoms with Crippen LogP contribution < -0.4 is 0 Å². The highest BCUT2D eigenvalue weighted by Gasteiger charge is 1.72. The first-order valence-corrected chi connectivity index (χ1v) is 13.5. The van der Waals surface area contributed by atoms with Crippen molar-refractivity contribution in [1.82, 2.24) is 0 Å². The van der Waals surface area contributed by atoms with Crippen molar-refractivity contribution in [1.29, 1.82) is 0 Å². The van der Waals surface area contributed by atoms with E-state index in [2.05, 4.69) is 58.9 Å². The fourth-order valence-electron chi connectivity index (χ4n) is 0. The SMILES string of the molecule is C[Si](C)C.C[Si](C)C.C[Si](C)C.P. The molecule has 1 atom stereocenters. The normalized spacial score (nSPS) is 8.31. The predicted molar refractivity (Wildman–Crippen MR) is 81.1 cm³/mol. The second-order valence-corrected chi connectivity index (χ2v) is 13.5. The molecule has 0 spiro atoms. The van der Waals surface area contributed by atoms with Gasteiger partial charge in [0.15, 0.2) is 0 Å². The Morgan fingerprint density at radius 3 is 0.385 bits per heavy atom. The van der Waals surface area contributed by atoms with Crippen LogP contribution in [0.15, 0.2) is 0 Å². The predicted octanol–water partition coefficient (Wildman–Crippen LogP) is 4.17. The Kier molecular flexibility index (Phi) is 34.3. The third-order valence-electron chi connectivity index (χ3n) is 0. The van der Waals surface area contributed by atoms with Crippen molar-refractivity contribution < 1.29 is 0 Å². The van der Waals surface area contributed by atoms with Gasteiger partial charge in [-0.1, -0.05) is 58.9 Å². The zero-order valence-corrected chi connectivity index (χ0v) is 15.6. The molecule has 0 rings (SSSR count). The van der Waals surface area contributed by atoms with Crippen LogP contribution in [0.5, 0.6) is 0 Å². The summed E-state index contributed by atoms with van der Waals surface area (Å²) in [6.07, 6.45) is 0. The molecule has 83 valence electrons. The molecule has 0 aromatic heterocycles. The summed E-state index contributed by atoms with van der Waals surface area (Å²) in [5.74, 6) is 0. The first-order chi connectivity index (χ1) is 5.20. The van der Waals surface area contributed by atoms with E-state index in [0.717, 1.165) is 0 Å². The van der Waals surface area contributed by atoms with Crippen LogP contribution in [0, 0.1) is 0 Å². The zero-order valence-electron chi connectivity index (χ0n) is 11.2. The summed E-state index contributed by atoms with van der Waals surface area (Å²) < 4.78 is 0. The first-order valence-electron chi connectivity index (χ1n) is 4.50. The second-order valence-electron chi connectivity index (χ2n) is 4.50. The van der Waals surface area contributed by atoms with Crippen LogP contribution in [0.25, 0.3) is 0 Å². The highest BCUT2D eigenvalue weighted by Crippen LogP contribution is 1.68. The molecule has 0 amide bonds. The van der Waals surface area contributed by atoms with Crippen LogP contribution in [0.3, 0.4) is 0 Å². The molecule has 0 aromatic carbocycles. The summed E-state index contributed by atoms with van der Waals surface area (Å²) >= 11 is 0. The van der Waals surface area contributed by atoms with Gasteiger partial charge in [0.05, 0.1) is 0 Å². The second kappa shape index (κ2) is 18.8.